The number of hydrogen-bond acceptors (Lipinski definition) is 6. The molecule has 2 amide bonds. The van der Waals surface area contributed by atoms with Crippen LogP contribution in [0.4, 0.5) is 0 Å². The van der Waals surface area contributed by atoms with Crippen LogP contribution in [-0.2, 0) is 18.8 Å². The fourth-order valence-electron chi connectivity index (χ4n) is 2.38. The Morgan fingerprint density at radius 2 is 2.00 bits per heavy atom. The van der Waals surface area contributed by atoms with Crippen LogP contribution in [0.25, 0.3) is 0 Å². The van der Waals surface area contributed by atoms with E-state index in [1.165, 1.54) is 19.2 Å². The summed E-state index contributed by atoms with van der Waals surface area (Å²) in [5.41, 5.74) is 0.178. The van der Waals surface area contributed by atoms with Gasteiger partial charge in [0.2, 0.25) is 5.91 Å². The number of rotatable bonds is 7. The van der Waals surface area contributed by atoms with Crippen LogP contribution in [0.15, 0.2) is 18.2 Å². The Kier molecular flexibility index (Phi) is 9.33. The molecule has 3 N–H and O–H groups in total. The van der Waals surface area contributed by atoms with Gasteiger partial charge in [0.1, 0.15) is 6.04 Å². The van der Waals surface area contributed by atoms with E-state index in [-0.39, 0.29) is 23.6 Å². The topological polar surface area (TPSA) is 97.9 Å². The molecule has 2 rings (SSSR count). The smallest absolute Gasteiger partial charge is 0.409 e. The van der Waals surface area contributed by atoms with Crippen LogP contribution in [0.2, 0.25) is 10.0 Å². The zero-order chi connectivity index (χ0) is 19.6. The molecule has 1 aliphatic heterocycles. The Morgan fingerprint density at radius 1 is 1.30 bits per heavy atom. The zero-order valence-corrected chi connectivity index (χ0v) is 16.4. The summed E-state index contributed by atoms with van der Waals surface area (Å²) < 4.78 is 16.0. The molecule has 0 radical (unpaired) electrons. The lowest BCUT2D eigenvalue weighted by Crippen LogP contribution is -2.52. The van der Waals surface area contributed by atoms with Gasteiger partial charge >= 0.3 is 7.12 Å². The molecule has 148 valence electrons. The highest BCUT2D eigenvalue weighted by Gasteiger charge is 2.26. The minimum atomic E-state index is -0.909. The van der Waals surface area contributed by atoms with Crippen molar-refractivity contribution in [1.82, 2.24) is 16.0 Å². The van der Waals surface area contributed by atoms with E-state index in [0.717, 1.165) is 13.1 Å². The molecule has 1 unspecified atom stereocenters. The highest BCUT2D eigenvalue weighted by Crippen LogP contribution is 2.20. The average molecular weight is 418 g/mol. The van der Waals surface area contributed by atoms with Crippen LogP contribution in [0.5, 0.6) is 0 Å². The molecule has 1 saturated heterocycles. The van der Waals surface area contributed by atoms with Crippen molar-refractivity contribution in [3.05, 3.63) is 33.8 Å². The molecule has 8 nitrogen and oxygen atoms in total. The number of nitrogens with one attached hydrogen (secondary N) is 3. The minimum Gasteiger partial charge on any atom is -0.409 e. The summed E-state index contributed by atoms with van der Waals surface area (Å²) in [6.07, 6.45) is 0.160. The Morgan fingerprint density at radius 3 is 2.67 bits per heavy atom. The van der Waals surface area contributed by atoms with Crippen molar-refractivity contribution < 1.29 is 23.6 Å². The molecule has 0 bridgehead atoms. The van der Waals surface area contributed by atoms with Crippen molar-refractivity contribution in [2.75, 3.05) is 46.5 Å². The minimum absolute atomic E-state index is 0.00788. The summed E-state index contributed by atoms with van der Waals surface area (Å²) in [7, 11) is 0.893. The van der Waals surface area contributed by atoms with Crippen LogP contribution in [0.3, 0.4) is 0 Å². The number of carbonyl (C=O) groups is 2. The third-order valence-corrected chi connectivity index (χ3v) is 4.30. The molecule has 1 aromatic carbocycles. The number of methoxy groups -OCH3 is 1. The molecular formula is C16H22BCl2N3O5. The lowest BCUT2D eigenvalue weighted by Gasteiger charge is -2.21. The van der Waals surface area contributed by atoms with E-state index in [1.807, 2.05) is 0 Å². The summed E-state index contributed by atoms with van der Waals surface area (Å²) in [6, 6.07) is 3.62. The monoisotopic (exact) mass is 417 g/mol. The van der Waals surface area contributed by atoms with Gasteiger partial charge in [-0.25, -0.2) is 0 Å². The Hall–Kier alpha value is -1.36. The maximum absolute atomic E-state index is 12.5. The maximum Gasteiger partial charge on any atom is 0.477 e. The number of hydrogen-bond donors (Lipinski definition) is 3. The van der Waals surface area contributed by atoms with Gasteiger partial charge in [0, 0.05) is 38.4 Å². The molecule has 1 atom stereocenters. The van der Waals surface area contributed by atoms with Gasteiger partial charge in [-0.2, -0.15) is 0 Å². The van der Waals surface area contributed by atoms with Crippen LogP contribution in [-0.4, -0.2) is 71.4 Å². The number of amides is 2. The largest absolute Gasteiger partial charge is 0.477 e. The molecule has 0 saturated carbocycles. The van der Waals surface area contributed by atoms with Crippen molar-refractivity contribution >= 4 is 42.1 Å². The number of benzene rings is 1. The zero-order valence-electron chi connectivity index (χ0n) is 14.9. The average Bonchev–Trinajstić information content (AvgIpc) is 2.62. The molecule has 1 fully saturated rings. The van der Waals surface area contributed by atoms with Gasteiger partial charge in [0.15, 0.2) is 0 Å². The first-order chi connectivity index (χ1) is 13.0. The summed E-state index contributed by atoms with van der Waals surface area (Å²) in [4.78, 5) is 24.9. The van der Waals surface area contributed by atoms with Crippen molar-refractivity contribution in [3.63, 3.8) is 0 Å². The highest BCUT2D eigenvalue weighted by molar-refractivity contribution is 6.45. The van der Waals surface area contributed by atoms with E-state index < -0.39 is 25.0 Å². The fourth-order valence-corrected chi connectivity index (χ4v) is 2.76. The third kappa shape index (κ3) is 7.29. The molecule has 11 heteroatoms. The van der Waals surface area contributed by atoms with Gasteiger partial charge < -0.3 is 30.0 Å². The second-order valence-electron chi connectivity index (χ2n) is 5.77. The number of ether oxygens (including phenoxy) is 1. The summed E-state index contributed by atoms with van der Waals surface area (Å²) in [5.74, 6) is -0.944. The standard InChI is InChI=1S/C16H22BCl2N3O5/c1-25-9-14(22-15(23)12-8-11(18)2-3-13(12)19)16(24)21-10-17-26-6-4-20-5-7-27-17/h2-3,8,14,20H,4-7,9-10H2,1H3,(H,21,24)(H,22,23). The number of carbonyl (C=O) groups excluding carboxylic acids is 2. The van der Waals surface area contributed by atoms with Crippen molar-refractivity contribution in [2.24, 2.45) is 0 Å². The van der Waals surface area contributed by atoms with Gasteiger partial charge in [-0.3, -0.25) is 9.59 Å². The van der Waals surface area contributed by atoms with Crippen molar-refractivity contribution in [1.29, 1.82) is 0 Å². The molecule has 0 aliphatic carbocycles. The quantitative estimate of drug-likeness (QED) is 0.559. The van der Waals surface area contributed by atoms with Gasteiger partial charge in [-0.15, -0.1) is 0 Å². The van der Waals surface area contributed by atoms with Crippen LogP contribution in [0.1, 0.15) is 10.4 Å². The van der Waals surface area contributed by atoms with Crippen molar-refractivity contribution in [3.8, 4) is 0 Å². The summed E-state index contributed by atoms with van der Waals surface area (Å²) in [5, 5.41) is 9.04. The fraction of sp³-hybridized carbons (Fsp3) is 0.500. The summed E-state index contributed by atoms with van der Waals surface area (Å²) >= 11 is 11.9. The second kappa shape index (κ2) is 11.5. The van der Waals surface area contributed by atoms with E-state index in [0.29, 0.717) is 18.2 Å². The normalized spacial score (nSPS) is 16.2. The molecule has 0 spiro atoms. The summed E-state index contributed by atoms with van der Waals surface area (Å²) in [6.45, 7) is 2.39. The van der Waals surface area contributed by atoms with E-state index in [4.69, 9.17) is 37.2 Å². The van der Waals surface area contributed by atoms with Gasteiger partial charge in [0.25, 0.3) is 5.91 Å². The maximum atomic E-state index is 12.5. The predicted octanol–water partition coefficient (Wildman–Crippen LogP) is 0.518. The number of halogens is 2. The third-order valence-electron chi connectivity index (χ3n) is 3.74. The Bertz CT molecular complexity index is 644. The van der Waals surface area contributed by atoms with Crippen molar-refractivity contribution in [2.45, 2.75) is 6.04 Å². The first kappa shape index (κ1) is 21.9. The van der Waals surface area contributed by atoms with E-state index in [1.54, 1.807) is 6.07 Å². The molecule has 0 aromatic heterocycles. The first-order valence-corrected chi connectivity index (χ1v) is 9.23. The Labute approximate surface area is 168 Å². The lowest BCUT2D eigenvalue weighted by atomic mass is 9.89. The molecule has 27 heavy (non-hydrogen) atoms. The first-order valence-electron chi connectivity index (χ1n) is 8.47. The van der Waals surface area contributed by atoms with Crippen LogP contribution >= 0.6 is 23.2 Å². The molecule has 1 heterocycles. The van der Waals surface area contributed by atoms with Gasteiger partial charge in [0.05, 0.1) is 23.6 Å². The lowest BCUT2D eigenvalue weighted by molar-refractivity contribution is -0.124. The van der Waals surface area contributed by atoms with Gasteiger partial charge in [-0.1, -0.05) is 23.2 Å². The van der Waals surface area contributed by atoms with Gasteiger partial charge in [-0.05, 0) is 18.2 Å². The SMILES string of the molecule is COCC(NC(=O)c1cc(Cl)ccc1Cl)C(=O)NCB1OCCNCCO1. The molecule has 1 aromatic rings. The van der Waals surface area contributed by atoms with E-state index in [9.17, 15) is 9.59 Å². The van der Waals surface area contributed by atoms with Crippen LogP contribution in [0, 0.1) is 0 Å². The molecular weight excluding hydrogens is 396 g/mol. The highest BCUT2D eigenvalue weighted by atomic mass is 35.5. The van der Waals surface area contributed by atoms with E-state index in [2.05, 4.69) is 16.0 Å². The Balaban J connectivity index is 1.93. The second-order valence-corrected chi connectivity index (χ2v) is 6.62. The van der Waals surface area contributed by atoms with Crippen LogP contribution < -0.4 is 16.0 Å². The molecule has 1 aliphatic rings. The van der Waals surface area contributed by atoms with E-state index >= 15 is 0 Å². The predicted molar refractivity (Wildman–Crippen MR) is 103 cm³/mol.